The second kappa shape index (κ2) is 10.7. The number of aromatic hydroxyl groups is 1. The summed E-state index contributed by atoms with van der Waals surface area (Å²) in [4.78, 5) is 12.5. The van der Waals surface area contributed by atoms with E-state index in [1.54, 1.807) is 37.3 Å². The molecule has 32 heavy (non-hydrogen) atoms. The Morgan fingerprint density at radius 3 is 2.31 bits per heavy atom. The highest BCUT2D eigenvalue weighted by molar-refractivity contribution is 6.42. The standard InChI is InChI=1S/C23H21Cl3N2O4/c1-13-3-5-15(6-4-13)32-14(2)23(30)28-20-11-22(29)21(10-19(20)26)27-12-31-16-7-8-17(24)18(25)9-16/h3-11,14,27,29H,12H2,1-2H3,(H,28,30). The van der Waals surface area contributed by atoms with E-state index in [4.69, 9.17) is 44.3 Å². The lowest BCUT2D eigenvalue weighted by Gasteiger charge is -2.17. The number of halogens is 3. The first kappa shape index (κ1) is 23.9. The Balaban J connectivity index is 1.58. The lowest BCUT2D eigenvalue weighted by atomic mass is 10.2. The maximum Gasteiger partial charge on any atom is 0.265 e. The predicted molar refractivity (Wildman–Crippen MR) is 129 cm³/mol. The maximum atomic E-state index is 12.5. The van der Waals surface area contributed by atoms with Crippen LogP contribution in [0, 0.1) is 6.92 Å². The fourth-order valence-electron chi connectivity index (χ4n) is 2.67. The molecule has 0 heterocycles. The van der Waals surface area contributed by atoms with Gasteiger partial charge in [0.2, 0.25) is 0 Å². The van der Waals surface area contributed by atoms with Crippen molar-refractivity contribution >= 4 is 52.1 Å². The number of anilines is 2. The Hall–Kier alpha value is -2.80. The van der Waals surface area contributed by atoms with Gasteiger partial charge in [0.15, 0.2) is 12.8 Å². The molecule has 168 valence electrons. The van der Waals surface area contributed by atoms with Crippen LogP contribution in [0.1, 0.15) is 12.5 Å². The van der Waals surface area contributed by atoms with Crippen LogP contribution in [0.25, 0.3) is 0 Å². The van der Waals surface area contributed by atoms with Crippen LogP contribution in [0.2, 0.25) is 15.1 Å². The molecule has 1 atom stereocenters. The largest absolute Gasteiger partial charge is 0.506 e. The Labute approximate surface area is 201 Å². The van der Waals surface area contributed by atoms with E-state index in [0.717, 1.165) is 5.56 Å². The summed E-state index contributed by atoms with van der Waals surface area (Å²) in [6.45, 7) is 3.63. The van der Waals surface area contributed by atoms with Crippen LogP contribution < -0.4 is 20.1 Å². The van der Waals surface area contributed by atoms with Crippen LogP contribution in [0.5, 0.6) is 17.2 Å². The van der Waals surface area contributed by atoms with Crippen molar-refractivity contribution in [3.63, 3.8) is 0 Å². The molecular formula is C23H21Cl3N2O4. The van der Waals surface area contributed by atoms with E-state index < -0.39 is 12.0 Å². The van der Waals surface area contributed by atoms with Crippen molar-refractivity contribution in [3.8, 4) is 17.2 Å². The Kier molecular flexibility index (Phi) is 7.96. The summed E-state index contributed by atoms with van der Waals surface area (Å²) < 4.78 is 11.2. The minimum atomic E-state index is -0.770. The molecule has 0 aliphatic rings. The molecule has 1 amide bonds. The average Bonchev–Trinajstić information content (AvgIpc) is 2.75. The zero-order chi connectivity index (χ0) is 23.3. The van der Waals surface area contributed by atoms with E-state index in [1.165, 1.54) is 12.1 Å². The van der Waals surface area contributed by atoms with Crippen LogP contribution in [0.15, 0.2) is 54.6 Å². The number of aryl methyl sites for hydroxylation is 1. The summed E-state index contributed by atoms with van der Waals surface area (Å²) in [6.07, 6.45) is -0.770. The minimum absolute atomic E-state index is 0.0367. The second-order valence-electron chi connectivity index (χ2n) is 6.95. The maximum absolute atomic E-state index is 12.5. The van der Waals surface area contributed by atoms with Crippen molar-refractivity contribution in [2.24, 2.45) is 0 Å². The van der Waals surface area contributed by atoms with Gasteiger partial charge in [-0.15, -0.1) is 0 Å². The first-order valence-corrected chi connectivity index (χ1v) is 10.7. The number of carbonyl (C=O) groups is 1. The quantitative estimate of drug-likeness (QED) is 0.245. The monoisotopic (exact) mass is 494 g/mol. The summed E-state index contributed by atoms with van der Waals surface area (Å²) in [5, 5.41) is 16.9. The number of hydrogen-bond donors (Lipinski definition) is 3. The topological polar surface area (TPSA) is 79.8 Å². The molecule has 9 heteroatoms. The van der Waals surface area contributed by atoms with Crippen molar-refractivity contribution < 1.29 is 19.4 Å². The number of phenols is 1. The van der Waals surface area contributed by atoms with Crippen LogP contribution in [-0.4, -0.2) is 23.8 Å². The highest BCUT2D eigenvalue weighted by Gasteiger charge is 2.17. The molecular weight excluding hydrogens is 475 g/mol. The zero-order valence-electron chi connectivity index (χ0n) is 17.3. The van der Waals surface area contributed by atoms with Crippen molar-refractivity contribution in [3.05, 3.63) is 75.2 Å². The van der Waals surface area contributed by atoms with Crippen LogP contribution in [0.4, 0.5) is 11.4 Å². The van der Waals surface area contributed by atoms with E-state index in [2.05, 4.69) is 10.6 Å². The molecule has 3 N–H and O–H groups in total. The molecule has 6 nitrogen and oxygen atoms in total. The third kappa shape index (κ3) is 6.36. The van der Waals surface area contributed by atoms with Crippen molar-refractivity contribution in [2.75, 3.05) is 17.4 Å². The fraction of sp³-hybridized carbons (Fsp3) is 0.174. The number of hydrogen-bond acceptors (Lipinski definition) is 5. The third-order valence-corrected chi connectivity index (χ3v) is 5.49. The van der Waals surface area contributed by atoms with Gasteiger partial charge in [-0.05, 0) is 44.2 Å². The van der Waals surface area contributed by atoms with Gasteiger partial charge in [0, 0.05) is 12.1 Å². The molecule has 3 aromatic carbocycles. The van der Waals surface area contributed by atoms with Gasteiger partial charge < -0.3 is 25.2 Å². The van der Waals surface area contributed by atoms with E-state index in [1.807, 2.05) is 19.1 Å². The molecule has 0 radical (unpaired) electrons. The highest BCUT2D eigenvalue weighted by Crippen LogP contribution is 2.34. The molecule has 0 fully saturated rings. The fourth-order valence-corrected chi connectivity index (χ4v) is 3.17. The molecule has 3 rings (SSSR count). The summed E-state index contributed by atoms with van der Waals surface area (Å²) in [7, 11) is 0. The number of phenolic OH excluding ortho intramolecular Hbond substituents is 1. The Bertz CT molecular complexity index is 1110. The van der Waals surface area contributed by atoms with Crippen molar-refractivity contribution in [1.29, 1.82) is 0 Å². The average molecular weight is 496 g/mol. The van der Waals surface area contributed by atoms with E-state index in [0.29, 0.717) is 27.2 Å². The molecule has 3 aromatic rings. The van der Waals surface area contributed by atoms with Gasteiger partial charge in [-0.3, -0.25) is 4.79 Å². The van der Waals surface area contributed by atoms with Crippen LogP contribution >= 0.6 is 34.8 Å². The van der Waals surface area contributed by atoms with Crippen LogP contribution in [0.3, 0.4) is 0 Å². The van der Waals surface area contributed by atoms with Gasteiger partial charge in [-0.2, -0.15) is 0 Å². The molecule has 0 spiro atoms. The van der Waals surface area contributed by atoms with Crippen LogP contribution in [-0.2, 0) is 4.79 Å². The van der Waals surface area contributed by atoms with Gasteiger partial charge in [0.05, 0.1) is 26.4 Å². The Morgan fingerprint density at radius 2 is 1.62 bits per heavy atom. The molecule has 0 aliphatic carbocycles. The molecule has 1 unspecified atom stereocenters. The lowest BCUT2D eigenvalue weighted by Crippen LogP contribution is -2.30. The lowest BCUT2D eigenvalue weighted by molar-refractivity contribution is -0.122. The molecule has 0 aromatic heterocycles. The number of nitrogens with one attached hydrogen (secondary N) is 2. The van der Waals surface area contributed by atoms with Gasteiger partial charge in [-0.1, -0.05) is 52.5 Å². The highest BCUT2D eigenvalue weighted by atomic mass is 35.5. The molecule has 0 saturated carbocycles. The number of rotatable bonds is 8. The number of amides is 1. The molecule has 0 bridgehead atoms. The smallest absolute Gasteiger partial charge is 0.265 e. The first-order valence-electron chi connectivity index (χ1n) is 9.61. The first-order chi connectivity index (χ1) is 15.2. The molecule has 0 saturated heterocycles. The normalized spacial score (nSPS) is 11.5. The van der Waals surface area contributed by atoms with E-state index in [-0.39, 0.29) is 23.2 Å². The third-order valence-electron chi connectivity index (χ3n) is 4.44. The Morgan fingerprint density at radius 1 is 0.938 bits per heavy atom. The number of ether oxygens (including phenoxy) is 2. The predicted octanol–water partition coefficient (Wildman–Crippen LogP) is 6.52. The van der Waals surface area contributed by atoms with Crippen molar-refractivity contribution in [1.82, 2.24) is 0 Å². The summed E-state index contributed by atoms with van der Waals surface area (Å²) >= 11 is 18.1. The van der Waals surface area contributed by atoms with E-state index in [9.17, 15) is 9.90 Å². The number of carbonyl (C=O) groups excluding carboxylic acids is 1. The zero-order valence-corrected chi connectivity index (χ0v) is 19.6. The minimum Gasteiger partial charge on any atom is -0.506 e. The summed E-state index contributed by atoms with van der Waals surface area (Å²) in [5.74, 6) is 0.558. The second-order valence-corrected chi connectivity index (χ2v) is 8.17. The van der Waals surface area contributed by atoms with Gasteiger partial charge in [-0.25, -0.2) is 0 Å². The van der Waals surface area contributed by atoms with Gasteiger partial charge in [0.25, 0.3) is 5.91 Å². The van der Waals surface area contributed by atoms with Gasteiger partial charge >= 0.3 is 0 Å². The van der Waals surface area contributed by atoms with E-state index >= 15 is 0 Å². The van der Waals surface area contributed by atoms with Gasteiger partial charge in [0.1, 0.15) is 17.2 Å². The number of benzene rings is 3. The molecule has 0 aliphatic heterocycles. The SMILES string of the molecule is Cc1ccc(OC(C)C(=O)Nc2cc(O)c(NCOc3ccc(Cl)c(Cl)c3)cc2Cl)cc1. The summed E-state index contributed by atoms with van der Waals surface area (Å²) in [5.41, 5.74) is 1.68. The van der Waals surface area contributed by atoms with Crippen molar-refractivity contribution in [2.45, 2.75) is 20.0 Å². The summed E-state index contributed by atoms with van der Waals surface area (Å²) in [6, 6.07) is 15.1.